The summed E-state index contributed by atoms with van der Waals surface area (Å²) in [7, 11) is 0. The summed E-state index contributed by atoms with van der Waals surface area (Å²) in [5.41, 5.74) is 2.28. The highest BCUT2D eigenvalue weighted by Gasteiger charge is 2.14. The maximum absolute atomic E-state index is 11.9. The van der Waals surface area contributed by atoms with E-state index in [-0.39, 0.29) is 12.2 Å². The van der Waals surface area contributed by atoms with Crippen LogP contribution in [0.15, 0.2) is 42.6 Å². The molecule has 0 radical (unpaired) electrons. The molecule has 0 aliphatic rings. The van der Waals surface area contributed by atoms with Crippen molar-refractivity contribution in [2.24, 2.45) is 0 Å². The second kappa shape index (κ2) is 8.53. The van der Waals surface area contributed by atoms with Gasteiger partial charge < -0.3 is 15.7 Å². The largest absolute Gasteiger partial charge is 0.481 e. The molecule has 0 aliphatic carbocycles. The lowest BCUT2D eigenvalue weighted by molar-refractivity contribution is -0.136. The van der Waals surface area contributed by atoms with Gasteiger partial charge in [0.25, 0.3) is 0 Å². The van der Waals surface area contributed by atoms with Gasteiger partial charge in [0.05, 0.1) is 12.6 Å². The van der Waals surface area contributed by atoms with Gasteiger partial charge in [-0.25, -0.2) is 24.1 Å². The Balaban J connectivity index is 1.85. The number of thiol groups is 1. The van der Waals surface area contributed by atoms with Crippen molar-refractivity contribution in [3.63, 3.8) is 0 Å². The molecule has 2 amide bonds. The standard InChI is InChI=1S/C18H18N6O3S/c1-2-19-18(27)24(28)15-10-20-13-6-7-14(22-17(13)23-15)21-12-5-3-4-11(8-12)9-16(25)26/h3-8,10,28H,2,9H2,1H3,(H,19,27)(H,25,26)(H,21,22,23). The highest BCUT2D eigenvalue weighted by atomic mass is 32.1. The van der Waals surface area contributed by atoms with E-state index in [4.69, 9.17) is 5.11 Å². The van der Waals surface area contributed by atoms with Gasteiger partial charge in [-0.15, -0.1) is 0 Å². The Morgan fingerprint density at radius 2 is 2.04 bits per heavy atom. The Kier molecular flexibility index (Phi) is 5.90. The Labute approximate surface area is 166 Å². The Bertz CT molecular complexity index is 1030. The van der Waals surface area contributed by atoms with Crippen LogP contribution < -0.4 is 14.9 Å². The van der Waals surface area contributed by atoms with Crippen LogP contribution in [0.3, 0.4) is 0 Å². The first-order chi connectivity index (χ1) is 13.5. The zero-order valence-corrected chi connectivity index (χ0v) is 15.8. The van der Waals surface area contributed by atoms with Gasteiger partial charge in [-0.1, -0.05) is 24.9 Å². The van der Waals surface area contributed by atoms with Gasteiger partial charge in [0, 0.05) is 12.2 Å². The summed E-state index contributed by atoms with van der Waals surface area (Å²) in [6, 6.07) is 10.1. The van der Waals surface area contributed by atoms with Crippen molar-refractivity contribution in [3.8, 4) is 0 Å². The van der Waals surface area contributed by atoms with E-state index in [2.05, 4.69) is 38.4 Å². The van der Waals surface area contributed by atoms with E-state index < -0.39 is 12.0 Å². The van der Waals surface area contributed by atoms with Crippen molar-refractivity contribution in [2.45, 2.75) is 13.3 Å². The first-order valence-corrected chi connectivity index (χ1v) is 8.84. The normalized spacial score (nSPS) is 10.5. The number of rotatable bonds is 6. The number of nitrogens with one attached hydrogen (secondary N) is 2. The summed E-state index contributed by atoms with van der Waals surface area (Å²) in [4.78, 5) is 35.8. The number of aliphatic carboxylic acids is 1. The minimum Gasteiger partial charge on any atom is -0.481 e. The molecule has 0 saturated heterocycles. The zero-order chi connectivity index (χ0) is 20.1. The highest BCUT2D eigenvalue weighted by molar-refractivity contribution is 7.82. The topological polar surface area (TPSA) is 120 Å². The first kappa shape index (κ1) is 19.4. The fourth-order valence-electron chi connectivity index (χ4n) is 2.47. The number of carbonyl (C=O) groups is 2. The van der Waals surface area contributed by atoms with Crippen LogP contribution in [0.5, 0.6) is 0 Å². The number of urea groups is 1. The number of nitrogens with zero attached hydrogens (tertiary/aromatic N) is 4. The molecule has 2 heterocycles. The molecule has 0 fully saturated rings. The maximum atomic E-state index is 11.9. The lowest BCUT2D eigenvalue weighted by Crippen LogP contribution is -2.34. The molecule has 144 valence electrons. The van der Waals surface area contributed by atoms with E-state index in [0.29, 0.717) is 34.8 Å². The molecule has 0 atom stereocenters. The van der Waals surface area contributed by atoms with Crippen LogP contribution in [-0.2, 0) is 11.2 Å². The van der Waals surface area contributed by atoms with Crippen molar-refractivity contribution in [1.82, 2.24) is 20.3 Å². The van der Waals surface area contributed by atoms with Gasteiger partial charge in [0.2, 0.25) is 0 Å². The predicted octanol–water partition coefficient (Wildman–Crippen LogP) is 2.78. The molecule has 9 nitrogen and oxygen atoms in total. The van der Waals surface area contributed by atoms with Gasteiger partial charge in [-0.05, 0) is 36.8 Å². The van der Waals surface area contributed by atoms with E-state index in [1.165, 1.54) is 6.20 Å². The number of fused-ring (bicyclic) bond motifs is 1. The summed E-state index contributed by atoms with van der Waals surface area (Å²) in [5.74, 6) is -0.141. The number of amides is 2. The second-order valence-corrected chi connectivity index (χ2v) is 6.21. The van der Waals surface area contributed by atoms with Gasteiger partial charge in [-0.3, -0.25) is 4.79 Å². The maximum Gasteiger partial charge on any atom is 0.333 e. The van der Waals surface area contributed by atoms with E-state index >= 15 is 0 Å². The van der Waals surface area contributed by atoms with Crippen LogP contribution >= 0.6 is 12.8 Å². The molecule has 3 rings (SSSR count). The van der Waals surface area contributed by atoms with Crippen molar-refractivity contribution < 1.29 is 14.7 Å². The van der Waals surface area contributed by atoms with E-state index in [1.807, 2.05) is 6.07 Å². The van der Waals surface area contributed by atoms with Gasteiger partial charge in [0.1, 0.15) is 11.3 Å². The summed E-state index contributed by atoms with van der Waals surface area (Å²) in [6.07, 6.45) is 1.38. The third kappa shape index (κ3) is 4.65. The number of benzene rings is 1. The second-order valence-electron chi connectivity index (χ2n) is 5.81. The smallest absolute Gasteiger partial charge is 0.333 e. The number of hydrogen-bond acceptors (Lipinski definition) is 7. The van der Waals surface area contributed by atoms with E-state index in [1.54, 1.807) is 37.3 Å². The van der Waals surface area contributed by atoms with Crippen LogP contribution in [0.1, 0.15) is 12.5 Å². The summed E-state index contributed by atoms with van der Waals surface area (Å²) >= 11 is 4.15. The minimum atomic E-state index is -0.896. The number of anilines is 3. The van der Waals surface area contributed by atoms with E-state index in [0.717, 1.165) is 4.31 Å². The fraction of sp³-hybridized carbons (Fsp3) is 0.167. The molecule has 2 aromatic heterocycles. The molecule has 0 spiro atoms. The van der Waals surface area contributed by atoms with Crippen LogP contribution in [0.4, 0.5) is 22.1 Å². The molecule has 0 unspecified atom stereocenters. The van der Waals surface area contributed by atoms with Gasteiger partial charge in [0.15, 0.2) is 11.5 Å². The quantitative estimate of drug-likeness (QED) is 0.471. The van der Waals surface area contributed by atoms with Crippen molar-refractivity contribution in [2.75, 3.05) is 16.2 Å². The lowest BCUT2D eigenvalue weighted by Gasteiger charge is -2.14. The average molecular weight is 398 g/mol. The van der Waals surface area contributed by atoms with Crippen LogP contribution in [0.25, 0.3) is 11.2 Å². The summed E-state index contributed by atoms with van der Waals surface area (Å²) in [6.45, 7) is 2.26. The van der Waals surface area contributed by atoms with Crippen LogP contribution in [0.2, 0.25) is 0 Å². The number of carboxylic acid groups (broad SMARTS) is 1. The Morgan fingerprint density at radius 1 is 1.21 bits per heavy atom. The third-order valence-corrected chi connectivity index (χ3v) is 4.07. The monoisotopic (exact) mass is 398 g/mol. The molecule has 10 heteroatoms. The van der Waals surface area contributed by atoms with Crippen molar-refractivity contribution in [3.05, 3.63) is 48.2 Å². The molecule has 28 heavy (non-hydrogen) atoms. The molecule has 1 aromatic carbocycles. The molecule has 0 saturated carbocycles. The number of aromatic nitrogens is 3. The first-order valence-electron chi connectivity index (χ1n) is 8.44. The fourth-order valence-corrected chi connectivity index (χ4v) is 2.64. The summed E-state index contributed by atoms with van der Waals surface area (Å²) in [5, 5.41) is 14.7. The predicted molar refractivity (Wildman–Crippen MR) is 109 cm³/mol. The third-order valence-electron chi connectivity index (χ3n) is 3.69. The number of carboxylic acids is 1. The lowest BCUT2D eigenvalue weighted by atomic mass is 10.1. The minimum absolute atomic E-state index is 0.0624. The van der Waals surface area contributed by atoms with E-state index in [9.17, 15) is 9.59 Å². The number of hydrogen-bond donors (Lipinski definition) is 4. The number of pyridine rings is 1. The zero-order valence-electron chi connectivity index (χ0n) is 15.0. The molecule has 3 aromatic rings. The molecular weight excluding hydrogens is 380 g/mol. The average Bonchev–Trinajstić information content (AvgIpc) is 2.67. The van der Waals surface area contributed by atoms with Gasteiger partial charge in [-0.2, -0.15) is 0 Å². The van der Waals surface area contributed by atoms with Crippen molar-refractivity contribution >= 4 is 53.3 Å². The Morgan fingerprint density at radius 3 is 2.79 bits per heavy atom. The molecular formula is C18H18N6O3S. The molecule has 3 N–H and O–H groups in total. The van der Waals surface area contributed by atoms with Crippen LogP contribution in [0, 0.1) is 0 Å². The SMILES string of the molecule is CCNC(=O)N(S)c1cnc2ccc(Nc3cccc(CC(=O)O)c3)nc2n1. The van der Waals surface area contributed by atoms with Gasteiger partial charge >= 0.3 is 12.0 Å². The molecule has 0 bridgehead atoms. The highest BCUT2D eigenvalue weighted by Crippen LogP contribution is 2.20. The Hall–Kier alpha value is -3.40. The number of carbonyl (C=O) groups excluding carboxylic acids is 1. The molecule has 0 aliphatic heterocycles. The van der Waals surface area contributed by atoms with Crippen molar-refractivity contribution in [1.29, 1.82) is 0 Å². The van der Waals surface area contributed by atoms with Crippen LogP contribution in [-0.4, -0.2) is 38.6 Å². The summed E-state index contributed by atoms with van der Waals surface area (Å²) < 4.78 is 1.06.